The van der Waals surface area contributed by atoms with Crippen LogP contribution < -0.4 is 5.73 Å². The molecular weight excluding hydrogens is 234 g/mol. The average molecular weight is 254 g/mol. The zero-order valence-corrected chi connectivity index (χ0v) is 10.7. The lowest BCUT2D eigenvalue weighted by Crippen LogP contribution is -2.48. The minimum atomic E-state index is -0.529. The summed E-state index contributed by atoms with van der Waals surface area (Å²) >= 11 is 0. The maximum absolute atomic E-state index is 13.7. The molecule has 1 heterocycles. The minimum absolute atomic E-state index is 0.304. The highest BCUT2D eigenvalue weighted by Gasteiger charge is 2.27. The van der Waals surface area contributed by atoms with Crippen LogP contribution in [0.1, 0.15) is 31.7 Å². The molecule has 0 spiro atoms. The van der Waals surface area contributed by atoms with Crippen LogP contribution in [0, 0.1) is 11.6 Å². The number of rotatable bonds is 3. The molecule has 2 nitrogen and oxygen atoms in total. The van der Waals surface area contributed by atoms with Crippen molar-refractivity contribution in [3.05, 3.63) is 35.4 Å². The van der Waals surface area contributed by atoms with Gasteiger partial charge in [0.1, 0.15) is 11.6 Å². The Labute approximate surface area is 107 Å². The molecule has 2 rings (SSSR count). The number of benzene rings is 1. The van der Waals surface area contributed by atoms with Gasteiger partial charge in [-0.05, 0) is 25.8 Å². The summed E-state index contributed by atoms with van der Waals surface area (Å²) in [6, 6.07) is 4.49. The topological polar surface area (TPSA) is 29.3 Å². The summed E-state index contributed by atoms with van der Waals surface area (Å²) in [5, 5.41) is 0. The van der Waals surface area contributed by atoms with Crippen LogP contribution in [0.4, 0.5) is 8.78 Å². The summed E-state index contributed by atoms with van der Waals surface area (Å²) in [6.07, 6.45) is 3.34. The van der Waals surface area contributed by atoms with Crippen molar-refractivity contribution in [2.45, 2.75) is 44.8 Å². The van der Waals surface area contributed by atoms with Gasteiger partial charge < -0.3 is 5.73 Å². The van der Waals surface area contributed by atoms with Crippen LogP contribution in [0.2, 0.25) is 0 Å². The molecule has 2 atom stereocenters. The number of hydrogen-bond donors (Lipinski definition) is 1. The van der Waals surface area contributed by atoms with Crippen molar-refractivity contribution in [1.29, 1.82) is 0 Å². The quantitative estimate of drug-likeness (QED) is 0.898. The van der Waals surface area contributed by atoms with Crippen molar-refractivity contribution in [2.75, 3.05) is 6.54 Å². The molecule has 2 unspecified atom stereocenters. The fraction of sp³-hybridized carbons (Fsp3) is 0.571. The van der Waals surface area contributed by atoms with E-state index in [0.29, 0.717) is 30.7 Å². The molecule has 1 saturated heterocycles. The normalized spacial score (nSPS) is 25.3. The van der Waals surface area contributed by atoms with Gasteiger partial charge in [-0.3, -0.25) is 4.90 Å². The van der Waals surface area contributed by atoms with Gasteiger partial charge in [0.15, 0.2) is 0 Å². The Morgan fingerprint density at radius 1 is 1.33 bits per heavy atom. The average Bonchev–Trinajstić information content (AvgIpc) is 2.34. The summed E-state index contributed by atoms with van der Waals surface area (Å²) < 4.78 is 26.5. The molecule has 1 aliphatic heterocycles. The van der Waals surface area contributed by atoms with E-state index in [-0.39, 0.29) is 0 Å². The second-order valence-corrected chi connectivity index (χ2v) is 5.08. The second kappa shape index (κ2) is 5.76. The molecular formula is C14H20F2N2. The van der Waals surface area contributed by atoms with Crippen molar-refractivity contribution in [2.24, 2.45) is 5.73 Å². The van der Waals surface area contributed by atoms with Gasteiger partial charge in [-0.2, -0.15) is 0 Å². The third-order valence-corrected chi connectivity index (χ3v) is 3.83. The van der Waals surface area contributed by atoms with E-state index < -0.39 is 11.6 Å². The molecule has 2 N–H and O–H groups in total. The fourth-order valence-corrected chi connectivity index (χ4v) is 2.73. The van der Waals surface area contributed by atoms with Gasteiger partial charge in [-0.25, -0.2) is 8.78 Å². The van der Waals surface area contributed by atoms with Crippen molar-refractivity contribution < 1.29 is 8.78 Å². The molecule has 100 valence electrons. The predicted molar refractivity (Wildman–Crippen MR) is 68.1 cm³/mol. The number of likely N-dealkylation sites (tertiary alicyclic amines) is 1. The van der Waals surface area contributed by atoms with E-state index in [1.807, 2.05) is 0 Å². The third-order valence-electron chi connectivity index (χ3n) is 3.83. The smallest absolute Gasteiger partial charge is 0.130 e. The van der Waals surface area contributed by atoms with E-state index in [4.69, 9.17) is 5.73 Å². The van der Waals surface area contributed by atoms with Crippen LogP contribution in [0.15, 0.2) is 18.2 Å². The maximum atomic E-state index is 13.7. The highest BCUT2D eigenvalue weighted by molar-refractivity contribution is 5.18. The zero-order valence-electron chi connectivity index (χ0n) is 10.7. The van der Waals surface area contributed by atoms with Crippen LogP contribution in [-0.2, 0) is 6.54 Å². The summed E-state index contributed by atoms with van der Waals surface area (Å²) in [7, 11) is 0. The highest BCUT2D eigenvalue weighted by atomic mass is 19.1. The molecule has 0 amide bonds. The Kier molecular flexibility index (Phi) is 4.30. The van der Waals surface area contributed by atoms with Gasteiger partial charge >= 0.3 is 0 Å². The van der Waals surface area contributed by atoms with E-state index in [9.17, 15) is 8.78 Å². The zero-order chi connectivity index (χ0) is 13.1. The molecule has 1 aromatic carbocycles. The Balaban J connectivity index is 2.15. The molecule has 1 fully saturated rings. The van der Waals surface area contributed by atoms with E-state index in [0.717, 1.165) is 18.9 Å². The molecule has 4 heteroatoms. The maximum Gasteiger partial charge on any atom is 0.130 e. The molecule has 1 aliphatic rings. The standard InChI is InChI=1S/C14H20F2N2/c1-10-3-2-4-13(8-17)18(10)9-11-5-6-12(15)7-14(11)16/h5-7,10,13H,2-4,8-9,17H2,1H3. The van der Waals surface area contributed by atoms with Gasteiger partial charge in [0.25, 0.3) is 0 Å². The number of halogens is 2. The van der Waals surface area contributed by atoms with Crippen LogP contribution >= 0.6 is 0 Å². The first-order chi connectivity index (χ1) is 8.61. The third kappa shape index (κ3) is 2.87. The summed E-state index contributed by atoms with van der Waals surface area (Å²) in [5.41, 5.74) is 6.32. The molecule has 0 aliphatic carbocycles. The Morgan fingerprint density at radius 3 is 2.78 bits per heavy atom. The number of hydrogen-bond acceptors (Lipinski definition) is 2. The van der Waals surface area contributed by atoms with Crippen LogP contribution in [0.25, 0.3) is 0 Å². The Hall–Kier alpha value is -1.00. The van der Waals surface area contributed by atoms with Gasteiger partial charge in [-0.1, -0.05) is 12.5 Å². The molecule has 18 heavy (non-hydrogen) atoms. The Morgan fingerprint density at radius 2 is 2.11 bits per heavy atom. The SMILES string of the molecule is CC1CCCC(CN)N1Cc1ccc(F)cc1F. The molecule has 0 aromatic heterocycles. The lowest BCUT2D eigenvalue weighted by atomic mass is 9.95. The summed E-state index contributed by atoms with van der Waals surface area (Å²) in [4.78, 5) is 2.24. The minimum Gasteiger partial charge on any atom is -0.329 e. The summed E-state index contributed by atoms with van der Waals surface area (Å²) in [5.74, 6) is -0.998. The largest absolute Gasteiger partial charge is 0.329 e. The van der Waals surface area contributed by atoms with Gasteiger partial charge in [0.05, 0.1) is 0 Å². The van der Waals surface area contributed by atoms with Crippen LogP contribution in [0.3, 0.4) is 0 Å². The first-order valence-corrected chi connectivity index (χ1v) is 6.51. The number of nitrogens with two attached hydrogens (primary N) is 1. The highest BCUT2D eigenvalue weighted by Crippen LogP contribution is 2.25. The van der Waals surface area contributed by atoms with Crippen molar-refractivity contribution in [3.63, 3.8) is 0 Å². The van der Waals surface area contributed by atoms with Crippen LogP contribution in [0.5, 0.6) is 0 Å². The van der Waals surface area contributed by atoms with Gasteiger partial charge in [0, 0.05) is 36.8 Å². The van der Waals surface area contributed by atoms with Crippen molar-refractivity contribution in [3.8, 4) is 0 Å². The second-order valence-electron chi connectivity index (χ2n) is 5.08. The van der Waals surface area contributed by atoms with Gasteiger partial charge in [0.2, 0.25) is 0 Å². The van der Waals surface area contributed by atoms with E-state index >= 15 is 0 Å². The van der Waals surface area contributed by atoms with E-state index in [1.54, 1.807) is 0 Å². The molecule has 0 bridgehead atoms. The number of nitrogens with zero attached hydrogens (tertiary/aromatic N) is 1. The first-order valence-electron chi connectivity index (χ1n) is 6.51. The lowest BCUT2D eigenvalue weighted by molar-refractivity contribution is 0.0879. The molecule has 0 radical (unpaired) electrons. The van der Waals surface area contributed by atoms with Crippen molar-refractivity contribution >= 4 is 0 Å². The first kappa shape index (κ1) is 13.4. The predicted octanol–water partition coefficient (Wildman–Crippen LogP) is 2.67. The molecule has 1 aromatic rings. The fourth-order valence-electron chi connectivity index (χ4n) is 2.73. The van der Waals surface area contributed by atoms with Crippen LogP contribution in [-0.4, -0.2) is 23.5 Å². The van der Waals surface area contributed by atoms with Gasteiger partial charge in [-0.15, -0.1) is 0 Å². The Bertz CT molecular complexity index is 409. The van der Waals surface area contributed by atoms with E-state index in [2.05, 4.69) is 11.8 Å². The van der Waals surface area contributed by atoms with E-state index in [1.165, 1.54) is 18.6 Å². The molecule has 0 saturated carbocycles. The van der Waals surface area contributed by atoms with Crippen molar-refractivity contribution in [1.82, 2.24) is 4.90 Å². The monoisotopic (exact) mass is 254 g/mol. The lowest BCUT2D eigenvalue weighted by Gasteiger charge is -2.40. The number of piperidine rings is 1. The summed E-state index contributed by atoms with van der Waals surface area (Å²) in [6.45, 7) is 3.24.